The van der Waals surface area contributed by atoms with Gasteiger partial charge in [-0.1, -0.05) is 35.2 Å². The lowest BCUT2D eigenvalue weighted by Gasteiger charge is -2.40. The monoisotopic (exact) mass is 365 g/mol. The second kappa shape index (κ2) is 8.36. The fourth-order valence-electron chi connectivity index (χ4n) is 4.12. The van der Waals surface area contributed by atoms with Crippen molar-refractivity contribution >= 4 is 27.5 Å². The van der Waals surface area contributed by atoms with Crippen LogP contribution in [0.15, 0.2) is 0 Å². The number of hydrogen-bond donors (Lipinski definition) is 2. The summed E-state index contributed by atoms with van der Waals surface area (Å²) in [5.74, 6) is 1.44. The van der Waals surface area contributed by atoms with Crippen LogP contribution < -0.4 is 5.32 Å². The maximum atomic E-state index is 10.9. The molecule has 2 aliphatic carbocycles. The summed E-state index contributed by atoms with van der Waals surface area (Å²) in [6, 6.07) is 0. The van der Waals surface area contributed by atoms with Crippen molar-refractivity contribution in [1.29, 1.82) is 0 Å². The van der Waals surface area contributed by atoms with Crippen LogP contribution in [-0.4, -0.2) is 35.0 Å². The smallest absolute Gasteiger partial charge is 0.0611 e. The van der Waals surface area contributed by atoms with E-state index in [-0.39, 0.29) is 11.5 Å². The zero-order valence-corrected chi connectivity index (χ0v) is 14.9. The summed E-state index contributed by atoms with van der Waals surface area (Å²) >= 11 is 10.1. The number of nitrogens with one attached hydrogen (secondary N) is 1. The van der Waals surface area contributed by atoms with Crippen LogP contribution in [0.4, 0.5) is 0 Å². The molecular weight excluding hydrogens is 338 g/mol. The van der Waals surface area contributed by atoms with Gasteiger partial charge in [0.15, 0.2) is 0 Å². The molecule has 2 N–H and O–H groups in total. The Balaban J connectivity index is 1.97. The highest BCUT2D eigenvalue weighted by atomic mass is 79.9. The molecule has 0 heterocycles. The van der Waals surface area contributed by atoms with Crippen LogP contribution in [0.1, 0.15) is 51.4 Å². The van der Waals surface area contributed by atoms with Gasteiger partial charge in [-0.25, -0.2) is 0 Å². The summed E-state index contributed by atoms with van der Waals surface area (Å²) in [6.45, 7) is 0.916. The predicted octanol–water partition coefficient (Wildman–Crippen LogP) is 3.93. The van der Waals surface area contributed by atoms with Crippen molar-refractivity contribution in [2.75, 3.05) is 13.6 Å². The molecule has 0 aromatic rings. The van der Waals surface area contributed by atoms with Crippen molar-refractivity contribution in [2.24, 2.45) is 17.8 Å². The van der Waals surface area contributed by atoms with E-state index >= 15 is 0 Å². The Labute approximate surface area is 137 Å². The first-order valence-electron chi connectivity index (χ1n) is 8.24. The van der Waals surface area contributed by atoms with Gasteiger partial charge in [0.2, 0.25) is 0 Å². The van der Waals surface area contributed by atoms with Crippen molar-refractivity contribution in [3.63, 3.8) is 0 Å². The Morgan fingerprint density at radius 1 is 1.15 bits per heavy atom. The zero-order chi connectivity index (χ0) is 14.5. The molecular formula is C16H29BrClNO. The molecule has 0 amide bonds. The molecule has 2 aliphatic rings. The maximum absolute atomic E-state index is 10.9. The third kappa shape index (κ3) is 4.34. The first-order chi connectivity index (χ1) is 9.63. The molecule has 3 unspecified atom stereocenters. The van der Waals surface area contributed by atoms with Gasteiger partial charge >= 0.3 is 0 Å². The van der Waals surface area contributed by atoms with Crippen LogP contribution in [0.25, 0.3) is 0 Å². The summed E-state index contributed by atoms with van der Waals surface area (Å²) in [5.41, 5.74) is 0. The Morgan fingerprint density at radius 2 is 1.85 bits per heavy atom. The highest BCUT2D eigenvalue weighted by Gasteiger charge is 2.37. The molecule has 4 heteroatoms. The minimum absolute atomic E-state index is 0.150. The zero-order valence-electron chi connectivity index (χ0n) is 12.5. The van der Waals surface area contributed by atoms with E-state index in [0.717, 1.165) is 19.4 Å². The Kier molecular flexibility index (Phi) is 7.12. The van der Waals surface area contributed by atoms with E-state index in [1.165, 1.54) is 38.5 Å². The van der Waals surface area contributed by atoms with Crippen LogP contribution >= 0.6 is 27.5 Å². The average molecular weight is 367 g/mol. The molecule has 2 fully saturated rings. The Bertz CT molecular complexity index is 284. The van der Waals surface area contributed by atoms with Crippen LogP contribution in [0.2, 0.25) is 0 Å². The second-order valence-electron chi connectivity index (χ2n) is 6.72. The van der Waals surface area contributed by atoms with Crippen LogP contribution in [0.5, 0.6) is 0 Å². The number of alkyl halides is 2. The molecule has 20 heavy (non-hydrogen) atoms. The van der Waals surface area contributed by atoms with Gasteiger partial charge in [0, 0.05) is 22.7 Å². The Hall–Kier alpha value is 0.690. The highest BCUT2D eigenvalue weighted by molar-refractivity contribution is 9.09. The van der Waals surface area contributed by atoms with Gasteiger partial charge in [-0.2, -0.15) is 0 Å². The van der Waals surface area contributed by atoms with Crippen molar-refractivity contribution in [1.82, 2.24) is 5.32 Å². The highest BCUT2D eigenvalue weighted by Crippen LogP contribution is 2.40. The second-order valence-corrected chi connectivity index (χ2v) is 8.45. The van der Waals surface area contributed by atoms with E-state index in [9.17, 15) is 5.11 Å². The quantitative estimate of drug-likeness (QED) is 0.722. The number of rotatable bonds is 5. The number of aliphatic hydroxyl groups is 1. The first-order valence-corrected chi connectivity index (χ1v) is 9.59. The third-order valence-corrected chi connectivity index (χ3v) is 7.23. The summed E-state index contributed by atoms with van der Waals surface area (Å²) in [5, 5.41) is 14.4. The molecule has 118 valence electrons. The average Bonchev–Trinajstić information content (AvgIpc) is 2.48. The van der Waals surface area contributed by atoms with Gasteiger partial charge in [-0.05, 0) is 51.0 Å². The molecule has 0 spiro atoms. The minimum Gasteiger partial charge on any atom is -0.392 e. The largest absolute Gasteiger partial charge is 0.392 e. The summed E-state index contributed by atoms with van der Waals surface area (Å²) < 4.78 is 0. The molecule has 0 saturated heterocycles. The van der Waals surface area contributed by atoms with E-state index in [2.05, 4.69) is 21.2 Å². The number of halogens is 2. The van der Waals surface area contributed by atoms with Crippen LogP contribution in [0, 0.1) is 17.8 Å². The standard InChI is InChI=1S/C16H29BrClNO/c1-19-10-13(12-7-8-14(17)15(18)9-12)16(20)11-5-3-2-4-6-11/h11-16,19-20H,2-10H2,1H3/t12?,13-,14?,15?,16-/m0/s1. The third-order valence-electron chi connectivity index (χ3n) is 5.35. The van der Waals surface area contributed by atoms with Crippen molar-refractivity contribution < 1.29 is 5.11 Å². The SMILES string of the molecule is CNC[C@@H](C1CCC(Br)C(Cl)C1)[C@@H](O)C1CCCCC1. The maximum Gasteiger partial charge on any atom is 0.0611 e. The molecule has 0 aliphatic heterocycles. The van der Waals surface area contributed by atoms with Gasteiger partial charge in [-0.3, -0.25) is 0 Å². The van der Waals surface area contributed by atoms with E-state index < -0.39 is 0 Å². The van der Waals surface area contributed by atoms with Gasteiger partial charge in [0.25, 0.3) is 0 Å². The van der Waals surface area contributed by atoms with Crippen molar-refractivity contribution in [3.05, 3.63) is 0 Å². The molecule has 2 nitrogen and oxygen atoms in total. The molecule has 0 radical (unpaired) electrons. The lowest BCUT2D eigenvalue weighted by Crippen LogP contribution is -2.43. The molecule has 5 atom stereocenters. The van der Waals surface area contributed by atoms with Crippen LogP contribution in [0.3, 0.4) is 0 Å². The van der Waals surface area contributed by atoms with Crippen molar-refractivity contribution in [2.45, 2.75) is 67.7 Å². The normalized spacial score (nSPS) is 35.7. The van der Waals surface area contributed by atoms with E-state index in [1.807, 2.05) is 7.05 Å². The van der Waals surface area contributed by atoms with Gasteiger partial charge < -0.3 is 10.4 Å². The van der Waals surface area contributed by atoms with E-state index in [4.69, 9.17) is 11.6 Å². The molecule has 2 saturated carbocycles. The van der Waals surface area contributed by atoms with Gasteiger partial charge in [-0.15, -0.1) is 11.6 Å². The van der Waals surface area contributed by atoms with Crippen molar-refractivity contribution in [3.8, 4) is 0 Å². The minimum atomic E-state index is -0.150. The summed E-state index contributed by atoms with van der Waals surface area (Å²) in [6.07, 6.45) is 9.56. The first kappa shape index (κ1) is 17.1. The lowest BCUT2D eigenvalue weighted by atomic mass is 9.71. The lowest BCUT2D eigenvalue weighted by molar-refractivity contribution is 0.00252. The topological polar surface area (TPSA) is 32.3 Å². The molecule has 2 rings (SSSR count). The fourth-order valence-corrected chi connectivity index (χ4v) is 4.96. The molecule has 0 aromatic heterocycles. The van der Waals surface area contributed by atoms with Crippen LogP contribution in [-0.2, 0) is 0 Å². The molecule has 0 aromatic carbocycles. The van der Waals surface area contributed by atoms with Gasteiger partial charge in [0.05, 0.1) is 6.10 Å². The predicted molar refractivity (Wildman–Crippen MR) is 89.7 cm³/mol. The number of hydrogen-bond acceptors (Lipinski definition) is 2. The number of aliphatic hydroxyl groups excluding tert-OH is 1. The summed E-state index contributed by atoms with van der Waals surface area (Å²) in [7, 11) is 1.99. The summed E-state index contributed by atoms with van der Waals surface area (Å²) in [4.78, 5) is 0.447. The van der Waals surface area contributed by atoms with E-state index in [0.29, 0.717) is 22.6 Å². The fraction of sp³-hybridized carbons (Fsp3) is 1.00. The Morgan fingerprint density at radius 3 is 2.45 bits per heavy atom. The molecule has 0 bridgehead atoms. The van der Waals surface area contributed by atoms with Gasteiger partial charge in [0.1, 0.15) is 0 Å². The van der Waals surface area contributed by atoms with E-state index in [1.54, 1.807) is 0 Å².